The molecule has 94 valence electrons. The van der Waals surface area contributed by atoms with Crippen LogP contribution in [0, 0.1) is 5.92 Å². The van der Waals surface area contributed by atoms with E-state index < -0.39 is 5.91 Å². The number of anilines is 1. The molecule has 0 spiro atoms. The summed E-state index contributed by atoms with van der Waals surface area (Å²) in [5.41, 5.74) is 6.48. The van der Waals surface area contributed by atoms with Gasteiger partial charge in [0.15, 0.2) is 0 Å². The van der Waals surface area contributed by atoms with Crippen molar-refractivity contribution in [3.8, 4) is 0 Å². The first-order chi connectivity index (χ1) is 8.04. The lowest BCUT2D eigenvalue weighted by molar-refractivity contribution is 0.100. The van der Waals surface area contributed by atoms with Crippen LogP contribution in [0.1, 0.15) is 37.0 Å². The van der Waals surface area contributed by atoms with Crippen molar-refractivity contribution in [2.75, 3.05) is 11.9 Å². The largest absolute Gasteiger partial charge is 0.385 e. The lowest BCUT2D eigenvalue weighted by Gasteiger charge is -2.13. The predicted molar refractivity (Wildman–Crippen MR) is 72.5 cm³/mol. The molecule has 0 fully saturated rings. The maximum Gasteiger partial charge on any atom is 0.250 e. The van der Waals surface area contributed by atoms with Crippen LogP contribution in [0.3, 0.4) is 0 Å². The molecule has 4 heteroatoms. The summed E-state index contributed by atoms with van der Waals surface area (Å²) in [5.74, 6) is 0.105. The van der Waals surface area contributed by atoms with Crippen molar-refractivity contribution in [3.63, 3.8) is 0 Å². The molecule has 0 saturated carbocycles. The van der Waals surface area contributed by atoms with Crippen LogP contribution in [0.4, 0.5) is 5.69 Å². The molecule has 3 nitrogen and oxygen atoms in total. The van der Waals surface area contributed by atoms with Crippen LogP contribution >= 0.6 is 11.6 Å². The van der Waals surface area contributed by atoms with Crippen LogP contribution in [0.25, 0.3) is 0 Å². The van der Waals surface area contributed by atoms with Crippen molar-refractivity contribution in [1.82, 2.24) is 0 Å². The van der Waals surface area contributed by atoms with E-state index >= 15 is 0 Å². The number of halogens is 1. The number of amides is 1. The third kappa shape index (κ3) is 4.27. The molecule has 0 heterocycles. The number of carbonyl (C=O) groups is 1. The SMILES string of the molecule is CCCC(C)CNc1ccc(Cl)c(C(N)=O)c1. The van der Waals surface area contributed by atoms with Gasteiger partial charge in [0.25, 0.3) is 0 Å². The molecule has 0 aliphatic carbocycles. The number of hydrogen-bond donors (Lipinski definition) is 2. The standard InChI is InChI=1S/C13H19ClN2O/c1-3-4-9(2)8-16-10-5-6-12(14)11(7-10)13(15)17/h5-7,9,16H,3-4,8H2,1-2H3,(H2,15,17). The van der Waals surface area contributed by atoms with Gasteiger partial charge in [0.05, 0.1) is 10.6 Å². The van der Waals surface area contributed by atoms with Crippen LogP contribution in [0.2, 0.25) is 5.02 Å². The van der Waals surface area contributed by atoms with Gasteiger partial charge in [0, 0.05) is 12.2 Å². The van der Waals surface area contributed by atoms with Gasteiger partial charge in [-0.2, -0.15) is 0 Å². The normalized spacial score (nSPS) is 12.2. The molecule has 0 aliphatic heterocycles. The number of nitrogens with two attached hydrogens (primary N) is 1. The number of primary amides is 1. The monoisotopic (exact) mass is 254 g/mol. The molecule has 0 radical (unpaired) electrons. The highest BCUT2D eigenvalue weighted by Gasteiger charge is 2.08. The molecule has 1 aromatic carbocycles. The Bertz CT molecular complexity index is 393. The van der Waals surface area contributed by atoms with Gasteiger partial charge >= 0.3 is 0 Å². The molecular formula is C13H19ClN2O. The zero-order chi connectivity index (χ0) is 12.8. The predicted octanol–water partition coefficient (Wildman–Crippen LogP) is 3.29. The zero-order valence-electron chi connectivity index (χ0n) is 10.3. The highest BCUT2D eigenvalue weighted by molar-refractivity contribution is 6.33. The van der Waals surface area contributed by atoms with Gasteiger partial charge in [0.1, 0.15) is 0 Å². The summed E-state index contributed by atoms with van der Waals surface area (Å²) in [6.45, 7) is 5.25. The molecule has 0 aromatic heterocycles. The Kier molecular flexibility index (Phi) is 5.29. The molecule has 3 N–H and O–H groups in total. The first-order valence-electron chi connectivity index (χ1n) is 5.87. The minimum Gasteiger partial charge on any atom is -0.385 e. The summed E-state index contributed by atoms with van der Waals surface area (Å²) >= 11 is 5.88. The van der Waals surface area contributed by atoms with E-state index in [0.29, 0.717) is 16.5 Å². The Morgan fingerprint density at radius 2 is 2.24 bits per heavy atom. The molecule has 0 saturated heterocycles. The van der Waals surface area contributed by atoms with Crippen LogP contribution in [0.5, 0.6) is 0 Å². The average Bonchev–Trinajstić information content (AvgIpc) is 2.28. The van der Waals surface area contributed by atoms with E-state index in [-0.39, 0.29) is 0 Å². The number of hydrogen-bond acceptors (Lipinski definition) is 2. The van der Waals surface area contributed by atoms with Gasteiger partial charge < -0.3 is 11.1 Å². The Labute approximate surface area is 107 Å². The second kappa shape index (κ2) is 6.50. The Balaban J connectivity index is 2.66. The number of nitrogens with one attached hydrogen (secondary N) is 1. The molecule has 1 rings (SSSR count). The zero-order valence-corrected chi connectivity index (χ0v) is 11.1. The molecule has 1 amide bonds. The number of carbonyl (C=O) groups excluding carboxylic acids is 1. The molecule has 17 heavy (non-hydrogen) atoms. The van der Waals surface area contributed by atoms with E-state index in [1.165, 1.54) is 12.8 Å². The summed E-state index contributed by atoms with van der Waals surface area (Å²) in [7, 11) is 0. The van der Waals surface area contributed by atoms with Crippen molar-refractivity contribution in [2.45, 2.75) is 26.7 Å². The molecule has 1 unspecified atom stereocenters. The second-order valence-corrected chi connectivity index (χ2v) is 4.74. The van der Waals surface area contributed by atoms with Crippen molar-refractivity contribution >= 4 is 23.2 Å². The lowest BCUT2D eigenvalue weighted by atomic mass is 10.1. The van der Waals surface area contributed by atoms with E-state index in [2.05, 4.69) is 19.2 Å². The maximum absolute atomic E-state index is 11.1. The smallest absolute Gasteiger partial charge is 0.250 e. The third-order valence-electron chi connectivity index (χ3n) is 2.67. The summed E-state index contributed by atoms with van der Waals surface area (Å²) in [4.78, 5) is 11.1. The van der Waals surface area contributed by atoms with E-state index in [4.69, 9.17) is 17.3 Å². The van der Waals surface area contributed by atoms with Crippen molar-refractivity contribution in [3.05, 3.63) is 28.8 Å². The van der Waals surface area contributed by atoms with Gasteiger partial charge in [0.2, 0.25) is 5.91 Å². The second-order valence-electron chi connectivity index (χ2n) is 4.33. The minimum absolute atomic E-state index is 0.361. The summed E-state index contributed by atoms with van der Waals surface area (Å²) in [6.07, 6.45) is 2.36. The molecule has 0 aliphatic rings. The fourth-order valence-electron chi connectivity index (χ4n) is 1.71. The van der Waals surface area contributed by atoms with Crippen LogP contribution in [-0.4, -0.2) is 12.5 Å². The highest BCUT2D eigenvalue weighted by Crippen LogP contribution is 2.20. The van der Waals surface area contributed by atoms with Gasteiger partial charge in [-0.05, 0) is 30.5 Å². The molecule has 0 bridgehead atoms. The first-order valence-corrected chi connectivity index (χ1v) is 6.25. The fourth-order valence-corrected chi connectivity index (χ4v) is 1.92. The van der Waals surface area contributed by atoms with Crippen molar-refractivity contribution in [1.29, 1.82) is 0 Å². The lowest BCUT2D eigenvalue weighted by Crippen LogP contribution is -2.14. The quantitative estimate of drug-likeness (QED) is 0.819. The Morgan fingerprint density at radius 3 is 2.82 bits per heavy atom. The van der Waals surface area contributed by atoms with Crippen LogP contribution in [-0.2, 0) is 0 Å². The average molecular weight is 255 g/mol. The van der Waals surface area contributed by atoms with E-state index in [1.807, 2.05) is 6.07 Å². The fraction of sp³-hybridized carbons (Fsp3) is 0.462. The summed E-state index contributed by atoms with van der Waals surface area (Å²) in [6, 6.07) is 5.24. The van der Waals surface area contributed by atoms with Gasteiger partial charge in [-0.15, -0.1) is 0 Å². The Hall–Kier alpha value is -1.22. The van der Waals surface area contributed by atoms with E-state index in [1.54, 1.807) is 12.1 Å². The summed E-state index contributed by atoms with van der Waals surface area (Å²) < 4.78 is 0. The summed E-state index contributed by atoms with van der Waals surface area (Å²) in [5, 5.41) is 3.68. The van der Waals surface area contributed by atoms with Gasteiger partial charge in [-0.25, -0.2) is 0 Å². The molecule has 1 aromatic rings. The highest BCUT2D eigenvalue weighted by atomic mass is 35.5. The van der Waals surface area contributed by atoms with E-state index in [0.717, 1.165) is 12.2 Å². The van der Waals surface area contributed by atoms with Crippen molar-refractivity contribution < 1.29 is 4.79 Å². The van der Waals surface area contributed by atoms with Crippen LogP contribution < -0.4 is 11.1 Å². The van der Waals surface area contributed by atoms with Gasteiger partial charge in [-0.3, -0.25) is 4.79 Å². The number of rotatable bonds is 6. The van der Waals surface area contributed by atoms with Crippen LogP contribution in [0.15, 0.2) is 18.2 Å². The minimum atomic E-state index is -0.500. The maximum atomic E-state index is 11.1. The topological polar surface area (TPSA) is 55.1 Å². The first kappa shape index (κ1) is 13.8. The van der Waals surface area contributed by atoms with E-state index in [9.17, 15) is 4.79 Å². The molecular weight excluding hydrogens is 236 g/mol. The Morgan fingerprint density at radius 1 is 1.53 bits per heavy atom. The van der Waals surface area contributed by atoms with Crippen molar-refractivity contribution in [2.24, 2.45) is 11.7 Å². The third-order valence-corrected chi connectivity index (χ3v) is 3.00. The number of benzene rings is 1. The van der Waals surface area contributed by atoms with Gasteiger partial charge in [-0.1, -0.05) is 31.9 Å². The molecule has 1 atom stereocenters.